The SMILES string of the molecule is C=C1CN(Cc2ccccc2)C/C1=C\B1OC(C)(C)C(C)(C)O1. The van der Waals surface area contributed by atoms with Crippen LogP contribution in [0.4, 0.5) is 0 Å². The van der Waals surface area contributed by atoms with Crippen LogP contribution in [0.2, 0.25) is 0 Å². The maximum absolute atomic E-state index is 6.07. The summed E-state index contributed by atoms with van der Waals surface area (Å²) in [5.74, 6) is 2.10. The molecule has 2 heterocycles. The summed E-state index contributed by atoms with van der Waals surface area (Å²) in [6, 6.07) is 10.6. The molecule has 3 nitrogen and oxygen atoms in total. The Balaban J connectivity index is 1.67. The number of rotatable bonds is 3. The van der Waals surface area contributed by atoms with Crippen molar-refractivity contribution in [3.8, 4) is 0 Å². The molecule has 3 rings (SSSR count). The van der Waals surface area contributed by atoms with Gasteiger partial charge in [-0.3, -0.25) is 4.90 Å². The lowest BCUT2D eigenvalue weighted by atomic mass is 9.86. The van der Waals surface area contributed by atoms with Gasteiger partial charge in [-0.05, 0) is 50.4 Å². The van der Waals surface area contributed by atoms with Gasteiger partial charge in [-0.15, -0.1) is 0 Å². The van der Waals surface area contributed by atoms with Crippen LogP contribution < -0.4 is 0 Å². The van der Waals surface area contributed by atoms with Crippen LogP contribution >= 0.6 is 0 Å². The van der Waals surface area contributed by atoms with Gasteiger partial charge in [0.2, 0.25) is 0 Å². The van der Waals surface area contributed by atoms with Crippen molar-refractivity contribution in [1.82, 2.24) is 4.90 Å². The number of hydrogen-bond acceptors (Lipinski definition) is 3. The van der Waals surface area contributed by atoms with Crippen LogP contribution in [0.3, 0.4) is 0 Å². The molecule has 122 valence electrons. The Morgan fingerprint density at radius 3 is 2.30 bits per heavy atom. The van der Waals surface area contributed by atoms with Gasteiger partial charge in [-0.1, -0.05) is 36.9 Å². The fourth-order valence-corrected chi connectivity index (χ4v) is 3.02. The van der Waals surface area contributed by atoms with E-state index in [4.69, 9.17) is 9.31 Å². The minimum Gasteiger partial charge on any atom is -0.400 e. The molecule has 0 unspecified atom stereocenters. The molecular formula is C19H26BNO2. The van der Waals surface area contributed by atoms with E-state index >= 15 is 0 Å². The van der Waals surface area contributed by atoms with Gasteiger partial charge in [0.15, 0.2) is 0 Å². The maximum atomic E-state index is 6.07. The molecule has 0 aromatic heterocycles. The lowest BCUT2D eigenvalue weighted by Crippen LogP contribution is -2.41. The molecule has 2 aliphatic heterocycles. The van der Waals surface area contributed by atoms with Gasteiger partial charge < -0.3 is 9.31 Å². The van der Waals surface area contributed by atoms with Crippen LogP contribution in [0, 0.1) is 0 Å². The van der Waals surface area contributed by atoms with E-state index in [0.717, 1.165) is 25.2 Å². The summed E-state index contributed by atoms with van der Waals surface area (Å²) in [7, 11) is -0.288. The molecule has 2 saturated heterocycles. The van der Waals surface area contributed by atoms with E-state index in [1.807, 2.05) is 0 Å². The maximum Gasteiger partial charge on any atom is 0.487 e. The molecule has 23 heavy (non-hydrogen) atoms. The summed E-state index contributed by atoms with van der Waals surface area (Å²) in [6.07, 6.45) is 0. The lowest BCUT2D eigenvalue weighted by molar-refractivity contribution is 0.00578. The predicted octanol–water partition coefficient (Wildman–Crippen LogP) is 3.62. The van der Waals surface area contributed by atoms with Gasteiger partial charge >= 0.3 is 7.12 Å². The van der Waals surface area contributed by atoms with Crippen LogP contribution in [0.15, 0.2) is 54.0 Å². The predicted molar refractivity (Wildman–Crippen MR) is 95.0 cm³/mol. The topological polar surface area (TPSA) is 21.7 Å². The first kappa shape index (κ1) is 16.5. The molecule has 0 N–H and O–H groups in total. The largest absolute Gasteiger partial charge is 0.487 e. The van der Waals surface area contributed by atoms with Crippen LogP contribution in [0.25, 0.3) is 0 Å². The van der Waals surface area contributed by atoms with Crippen molar-refractivity contribution in [3.63, 3.8) is 0 Å². The van der Waals surface area contributed by atoms with Gasteiger partial charge in [-0.2, -0.15) is 0 Å². The van der Waals surface area contributed by atoms with Crippen molar-refractivity contribution in [1.29, 1.82) is 0 Å². The molecule has 2 fully saturated rings. The summed E-state index contributed by atoms with van der Waals surface area (Å²) >= 11 is 0. The highest BCUT2D eigenvalue weighted by Gasteiger charge is 2.50. The molecule has 0 radical (unpaired) electrons. The summed E-state index contributed by atoms with van der Waals surface area (Å²) in [5, 5.41) is 0. The first-order valence-corrected chi connectivity index (χ1v) is 8.28. The smallest absolute Gasteiger partial charge is 0.400 e. The first-order valence-electron chi connectivity index (χ1n) is 8.28. The van der Waals surface area contributed by atoms with Crippen molar-refractivity contribution in [2.45, 2.75) is 45.4 Å². The van der Waals surface area contributed by atoms with E-state index in [1.165, 1.54) is 11.1 Å². The summed E-state index contributed by atoms with van der Waals surface area (Å²) in [6.45, 7) is 15.3. The Morgan fingerprint density at radius 1 is 1.09 bits per heavy atom. The van der Waals surface area contributed by atoms with Gasteiger partial charge in [0.1, 0.15) is 0 Å². The Morgan fingerprint density at radius 2 is 1.70 bits per heavy atom. The molecule has 1 aromatic rings. The Kier molecular flexibility index (Phi) is 4.26. The molecule has 1 aromatic carbocycles. The van der Waals surface area contributed by atoms with Crippen LogP contribution in [-0.4, -0.2) is 36.3 Å². The minimum atomic E-state index is -0.293. The van der Waals surface area contributed by atoms with Crippen molar-refractivity contribution < 1.29 is 9.31 Å². The second-order valence-electron chi connectivity index (χ2n) is 7.55. The van der Waals surface area contributed by atoms with Gasteiger partial charge in [0, 0.05) is 19.6 Å². The second-order valence-corrected chi connectivity index (χ2v) is 7.55. The van der Waals surface area contributed by atoms with E-state index in [2.05, 4.69) is 75.5 Å². The fourth-order valence-electron chi connectivity index (χ4n) is 3.02. The first-order chi connectivity index (χ1) is 10.8. The Labute approximate surface area is 140 Å². The van der Waals surface area contributed by atoms with Crippen molar-refractivity contribution in [2.24, 2.45) is 0 Å². The van der Waals surface area contributed by atoms with Crippen molar-refractivity contribution in [3.05, 3.63) is 59.6 Å². The van der Waals surface area contributed by atoms with E-state index in [9.17, 15) is 0 Å². The quantitative estimate of drug-likeness (QED) is 0.796. The zero-order chi connectivity index (χ0) is 16.7. The van der Waals surface area contributed by atoms with Gasteiger partial charge in [0.25, 0.3) is 0 Å². The third kappa shape index (κ3) is 3.44. The molecule has 0 amide bonds. The van der Waals surface area contributed by atoms with Gasteiger partial charge in [-0.25, -0.2) is 0 Å². The number of likely N-dealkylation sites (tertiary alicyclic amines) is 1. The number of benzene rings is 1. The Hall–Kier alpha value is -1.36. The number of nitrogens with zero attached hydrogens (tertiary/aromatic N) is 1. The fraction of sp³-hybridized carbons (Fsp3) is 0.474. The molecule has 0 saturated carbocycles. The second kappa shape index (κ2) is 5.93. The number of hydrogen-bond donors (Lipinski definition) is 0. The third-order valence-corrected chi connectivity index (χ3v) is 5.12. The van der Waals surface area contributed by atoms with Crippen LogP contribution in [-0.2, 0) is 15.9 Å². The highest BCUT2D eigenvalue weighted by atomic mass is 16.7. The summed E-state index contributed by atoms with van der Waals surface area (Å²) in [5.41, 5.74) is 3.14. The van der Waals surface area contributed by atoms with E-state index in [0.29, 0.717) is 0 Å². The Bertz CT molecular complexity index is 606. The average Bonchev–Trinajstić information content (AvgIpc) is 2.88. The molecule has 0 atom stereocenters. The monoisotopic (exact) mass is 311 g/mol. The molecule has 0 bridgehead atoms. The van der Waals surface area contributed by atoms with E-state index < -0.39 is 0 Å². The van der Waals surface area contributed by atoms with Crippen molar-refractivity contribution in [2.75, 3.05) is 13.1 Å². The standard InChI is InChI=1S/C19H26BNO2/c1-15-12-21(13-16-9-7-6-8-10-16)14-17(15)11-20-22-18(2,3)19(4,5)23-20/h6-11H,1,12-14H2,2-5H3/b17-11+. The van der Waals surface area contributed by atoms with Crippen molar-refractivity contribution >= 4 is 7.12 Å². The van der Waals surface area contributed by atoms with E-state index in [-0.39, 0.29) is 18.3 Å². The molecule has 0 aliphatic carbocycles. The normalized spacial score (nSPS) is 25.5. The zero-order valence-electron chi connectivity index (χ0n) is 14.6. The zero-order valence-corrected chi connectivity index (χ0v) is 14.6. The summed E-state index contributed by atoms with van der Waals surface area (Å²) in [4.78, 5) is 2.40. The summed E-state index contributed by atoms with van der Waals surface area (Å²) < 4.78 is 12.1. The molecule has 2 aliphatic rings. The molecular weight excluding hydrogens is 285 g/mol. The molecule has 0 spiro atoms. The van der Waals surface area contributed by atoms with Crippen LogP contribution in [0.5, 0.6) is 0 Å². The lowest BCUT2D eigenvalue weighted by Gasteiger charge is -2.32. The van der Waals surface area contributed by atoms with E-state index in [1.54, 1.807) is 0 Å². The highest BCUT2D eigenvalue weighted by Crippen LogP contribution is 2.37. The highest BCUT2D eigenvalue weighted by molar-refractivity contribution is 6.52. The molecule has 4 heteroatoms. The van der Waals surface area contributed by atoms with Crippen LogP contribution in [0.1, 0.15) is 33.3 Å². The minimum absolute atomic E-state index is 0.288. The third-order valence-electron chi connectivity index (χ3n) is 5.12. The van der Waals surface area contributed by atoms with Gasteiger partial charge in [0.05, 0.1) is 11.2 Å². The average molecular weight is 311 g/mol.